The number of carbonyl (C=O) groups is 1. The van der Waals surface area contributed by atoms with Crippen LogP contribution in [-0.4, -0.2) is 20.9 Å². The average Bonchev–Trinajstić information content (AvgIpc) is 2.49. The van der Waals surface area contributed by atoms with Crippen molar-refractivity contribution < 1.29 is 13.2 Å². The third-order valence-corrected chi connectivity index (χ3v) is 5.69. The van der Waals surface area contributed by atoms with Gasteiger partial charge in [0.15, 0.2) is 0 Å². The third-order valence-electron chi connectivity index (χ3n) is 2.89. The molecule has 0 heterocycles. The predicted octanol–water partition coefficient (Wildman–Crippen LogP) is 3.33. The van der Waals surface area contributed by atoms with Gasteiger partial charge in [-0.3, -0.25) is 9.10 Å². The molecular formula is C14H11Cl3N2O3S. The molecule has 2 N–H and O–H groups in total. The lowest BCUT2D eigenvalue weighted by molar-refractivity contribution is -0.116. The molecule has 2 aromatic carbocycles. The van der Waals surface area contributed by atoms with Gasteiger partial charge >= 0.3 is 0 Å². The van der Waals surface area contributed by atoms with E-state index >= 15 is 0 Å². The molecule has 0 unspecified atom stereocenters. The Balaban J connectivity index is 2.63. The highest BCUT2D eigenvalue weighted by Crippen LogP contribution is 2.36. The summed E-state index contributed by atoms with van der Waals surface area (Å²) in [7, 11) is -4.05. The highest BCUT2D eigenvalue weighted by Gasteiger charge is 2.28. The minimum Gasteiger partial charge on any atom is -0.368 e. The summed E-state index contributed by atoms with van der Waals surface area (Å²) in [6, 6.07) is 10.2. The Morgan fingerprint density at radius 3 is 2.13 bits per heavy atom. The molecule has 5 nitrogen and oxygen atoms in total. The number of hydrogen-bond donors (Lipinski definition) is 1. The van der Waals surface area contributed by atoms with E-state index in [1.165, 1.54) is 24.3 Å². The summed E-state index contributed by atoms with van der Waals surface area (Å²) in [5.74, 6) is -0.841. The number of carbonyl (C=O) groups excluding carboxylic acids is 1. The molecule has 9 heteroatoms. The maximum atomic E-state index is 12.8. The van der Waals surface area contributed by atoms with Crippen molar-refractivity contribution in [1.29, 1.82) is 0 Å². The molecule has 0 radical (unpaired) electrons. The van der Waals surface area contributed by atoms with Gasteiger partial charge in [0, 0.05) is 0 Å². The van der Waals surface area contributed by atoms with Crippen LogP contribution in [0.3, 0.4) is 0 Å². The molecule has 0 aliphatic heterocycles. The zero-order chi connectivity index (χ0) is 17.2. The fourth-order valence-corrected chi connectivity index (χ4v) is 4.02. The number of amides is 1. The SMILES string of the molecule is NC(=O)CN(c1cc(Cl)c(Cl)cc1Cl)S(=O)(=O)c1ccccc1. The van der Waals surface area contributed by atoms with Crippen molar-refractivity contribution in [3.05, 3.63) is 57.5 Å². The van der Waals surface area contributed by atoms with Crippen LogP contribution in [-0.2, 0) is 14.8 Å². The van der Waals surface area contributed by atoms with Crippen molar-refractivity contribution in [2.45, 2.75) is 4.90 Å². The fourth-order valence-electron chi connectivity index (χ4n) is 1.86. The van der Waals surface area contributed by atoms with Gasteiger partial charge in [0.25, 0.3) is 10.0 Å². The Bertz CT molecular complexity index is 842. The van der Waals surface area contributed by atoms with Crippen LogP contribution < -0.4 is 10.0 Å². The van der Waals surface area contributed by atoms with Crippen LogP contribution in [0.1, 0.15) is 0 Å². The Hall–Kier alpha value is -1.47. The molecule has 0 saturated heterocycles. The van der Waals surface area contributed by atoms with E-state index < -0.39 is 22.5 Å². The van der Waals surface area contributed by atoms with Crippen LogP contribution in [0.4, 0.5) is 5.69 Å². The third kappa shape index (κ3) is 3.90. The molecule has 0 aliphatic carbocycles. The van der Waals surface area contributed by atoms with Crippen molar-refractivity contribution >= 4 is 56.4 Å². The first-order valence-corrected chi connectivity index (χ1v) is 8.81. The van der Waals surface area contributed by atoms with Crippen LogP contribution >= 0.6 is 34.8 Å². The summed E-state index contributed by atoms with van der Waals surface area (Å²) in [5, 5.41) is 0.292. The fraction of sp³-hybridized carbons (Fsp3) is 0.0714. The summed E-state index contributed by atoms with van der Waals surface area (Å²) in [6.07, 6.45) is 0. The number of primary amides is 1. The van der Waals surface area contributed by atoms with E-state index in [1.807, 2.05) is 0 Å². The lowest BCUT2D eigenvalue weighted by Crippen LogP contribution is -2.38. The number of nitrogens with zero attached hydrogens (tertiary/aromatic N) is 1. The highest BCUT2D eigenvalue weighted by molar-refractivity contribution is 7.92. The van der Waals surface area contributed by atoms with Gasteiger partial charge in [-0.25, -0.2) is 8.42 Å². The molecule has 0 bridgehead atoms. The Labute approximate surface area is 148 Å². The number of nitrogens with two attached hydrogens (primary N) is 1. The Morgan fingerprint density at radius 2 is 1.57 bits per heavy atom. The molecule has 2 rings (SSSR count). The maximum absolute atomic E-state index is 12.8. The molecule has 1 amide bonds. The zero-order valence-corrected chi connectivity index (χ0v) is 14.6. The second-order valence-electron chi connectivity index (χ2n) is 4.51. The lowest BCUT2D eigenvalue weighted by atomic mass is 10.3. The quantitative estimate of drug-likeness (QED) is 0.791. The topological polar surface area (TPSA) is 80.5 Å². The molecule has 0 aromatic heterocycles. The molecule has 0 aliphatic rings. The van der Waals surface area contributed by atoms with Gasteiger partial charge in [-0.15, -0.1) is 0 Å². The van der Waals surface area contributed by atoms with Crippen LogP contribution in [0.2, 0.25) is 15.1 Å². The van der Waals surface area contributed by atoms with E-state index in [0.717, 1.165) is 4.31 Å². The standard InChI is InChI=1S/C14H11Cl3N2O3S/c15-10-6-12(17)13(7-11(10)16)19(8-14(18)20)23(21,22)9-4-2-1-3-5-9/h1-7H,8H2,(H2,18,20). The second-order valence-corrected chi connectivity index (χ2v) is 7.59. The zero-order valence-electron chi connectivity index (χ0n) is 11.5. The molecular weight excluding hydrogens is 383 g/mol. The summed E-state index contributed by atoms with van der Waals surface area (Å²) in [6.45, 7) is -0.588. The highest BCUT2D eigenvalue weighted by atomic mass is 35.5. The van der Waals surface area contributed by atoms with Crippen molar-refractivity contribution in [2.75, 3.05) is 10.8 Å². The van der Waals surface area contributed by atoms with Gasteiger partial charge in [0.05, 0.1) is 25.7 Å². The van der Waals surface area contributed by atoms with E-state index in [9.17, 15) is 13.2 Å². The van der Waals surface area contributed by atoms with Crippen LogP contribution in [0.25, 0.3) is 0 Å². The summed E-state index contributed by atoms with van der Waals surface area (Å²) >= 11 is 17.9. The monoisotopic (exact) mass is 392 g/mol. The van der Waals surface area contributed by atoms with Crippen molar-refractivity contribution in [2.24, 2.45) is 5.73 Å². The number of sulfonamides is 1. The molecule has 0 saturated carbocycles. The first kappa shape index (κ1) is 17.9. The minimum absolute atomic E-state index is 0.0108. The molecule has 0 fully saturated rings. The molecule has 122 valence electrons. The van der Waals surface area contributed by atoms with Crippen molar-refractivity contribution in [3.8, 4) is 0 Å². The van der Waals surface area contributed by atoms with Gasteiger partial charge in [-0.05, 0) is 24.3 Å². The van der Waals surface area contributed by atoms with Crippen LogP contribution in [0, 0.1) is 0 Å². The largest absolute Gasteiger partial charge is 0.368 e. The van der Waals surface area contributed by atoms with Gasteiger partial charge in [-0.2, -0.15) is 0 Å². The van der Waals surface area contributed by atoms with Gasteiger partial charge in [-0.1, -0.05) is 53.0 Å². The molecule has 23 heavy (non-hydrogen) atoms. The first-order chi connectivity index (χ1) is 10.7. The first-order valence-electron chi connectivity index (χ1n) is 6.24. The van der Waals surface area contributed by atoms with E-state index in [4.69, 9.17) is 40.5 Å². The summed E-state index contributed by atoms with van der Waals surface area (Å²) in [4.78, 5) is 11.3. The molecule has 0 spiro atoms. The predicted molar refractivity (Wildman–Crippen MR) is 91.6 cm³/mol. The summed E-state index contributed by atoms with van der Waals surface area (Å²) < 4.78 is 26.4. The lowest BCUT2D eigenvalue weighted by Gasteiger charge is -2.24. The van der Waals surface area contributed by atoms with Gasteiger partial charge in [0.2, 0.25) is 5.91 Å². The number of rotatable bonds is 5. The molecule has 2 aromatic rings. The summed E-state index contributed by atoms with van der Waals surface area (Å²) in [5.41, 5.74) is 5.19. The smallest absolute Gasteiger partial charge is 0.264 e. The van der Waals surface area contributed by atoms with E-state index in [0.29, 0.717) is 0 Å². The number of anilines is 1. The van der Waals surface area contributed by atoms with E-state index in [-0.39, 0.29) is 25.7 Å². The van der Waals surface area contributed by atoms with Crippen LogP contribution in [0.5, 0.6) is 0 Å². The van der Waals surface area contributed by atoms with Crippen LogP contribution in [0.15, 0.2) is 47.4 Å². The van der Waals surface area contributed by atoms with E-state index in [2.05, 4.69) is 0 Å². The van der Waals surface area contributed by atoms with E-state index in [1.54, 1.807) is 18.2 Å². The normalized spacial score (nSPS) is 11.3. The molecule has 0 atom stereocenters. The number of halogens is 3. The average molecular weight is 394 g/mol. The minimum atomic E-state index is -4.05. The Kier molecular flexibility index (Phi) is 5.41. The number of benzene rings is 2. The maximum Gasteiger partial charge on any atom is 0.264 e. The van der Waals surface area contributed by atoms with Gasteiger partial charge < -0.3 is 5.73 Å². The van der Waals surface area contributed by atoms with Crippen molar-refractivity contribution in [1.82, 2.24) is 0 Å². The van der Waals surface area contributed by atoms with Crippen molar-refractivity contribution in [3.63, 3.8) is 0 Å². The van der Waals surface area contributed by atoms with Gasteiger partial charge in [0.1, 0.15) is 6.54 Å². The number of hydrogen-bond acceptors (Lipinski definition) is 3. The second kappa shape index (κ2) is 6.97. The Morgan fingerprint density at radius 1 is 1.00 bits per heavy atom.